The van der Waals surface area contributed by atoms with Crippen molar-refractivity contribution in [2.75, 3.05) is 14.2 Å². The molecule has 92 valence electrons. The zero-order chi connectivity index (χ0) is 12.6. The van der Waals surface area contributed by atoms with Crippen LogP contribution in [0.15, 0.2) is 16.6 Å². The lowest BCUT2D eigenvalue weighted by Crippen LogP contribution is -2.09. The molecule has 0 aliphatic rings. The van der Waals surface area contributed by atoms with Crippen molar-refractivity contribution in [3.05, 3.63) is 27.9 Å². The average molecular weight is 297 g/mol. The summed E-state index contributed by atoms with van der Waals surface area (Å²) in [6.45, 7) is 2.95. The molecule has 4 heteroatoms. The molecule has 0 aliphatic carbocycles. The quantitative estimate of drug-likeness (QED) is 0.942. The van der Waals surface area contributed by atoms with Gasteiger partial charge in [0.1, 0.15) is 5.75 Å². The third kappa shape index (κ3) is 1.85. The molecule has 0 atom stereocenters. The molecule has 3 nitrogen and oxygen atoms in total. The van der Waals surface area contributed by atoms with Crippen LogP contribution in [0, 0.1) is 6.92 Å². The van der Waals surface area contributed by atoms with Crippen LogP contribution in [0.3, 0.4) is 0 Å². The van der Waals surface area contributed by atoms with E-state index in [1.807, 2.05) is 13.1 Å². The van der Waals surface area contributed by atoms with Gasteiger partial charge in [0.05, 0.1) is 12.6 Å². The van der Waals surface area contributed by atoms with E-state index < -0.39 is 0 Å². The van der Waals surface area contributed by atoms with E-state index in [1.165, 1.54) is 16.6 Å². The first-order valence-electron chi connectivity index (χ1n) is 5.56. The zero-order valence-corrected chi connectivity index (χ0v) is 12.2. The van der Waals surface area contributed by atoms with Crippen molar-refractivity contribution in [3.8, 4) is 5.75 Å². The van der Waals surface area contributed by atoms with Gasteiger partial charge < -0.3 is 14.6 Å². The van der Waals surface area contributed by atoms with Crippen LogP contribution in [-0.4, -0.2) is 18.7 Å². The molecule has 17 heavy (non-hydrogen) atoms. The number of halogens is 1. The van der Waals surface area contributed by atoms with Crippen LogP contribution < -0.4 is 10.1 Å². The molecule has 0 aliphatic heterocycles. The fourth-order valence-corrected chi connectivity index (χ4v) is 3.14. The van der Waals surface area contributed by atoms with Gasteiger partial charge in [0, 0.05) is 29.1 Å². The Bertz CT molecular complexity index is 560. The third-order valence-electron chi connectivity index (χ3n) is 3.13. The maximum atomic E-state index is 5.45. The van der Waals surface area contributed by atoms with Crippen LogP contribution in [0.2, 0.25) is 0 Å². The van der Waals surface area contributed by atoms with E-state index >= 15 is 0 Å². The van der Waals surface area contributed by atoms with Gasteiger partial charge >= 0.3 is 0 Å². The highest BCUT2D eigenvalue weighted by atomic mass is 79.9. The van der Waals surface area contributed by atoms with Crippen LogP contribution in [0.25, 0.3) is 10.9 Å². The summed E-state index contributed by atoms with van der Waals surface area (Å²) in [4.78, 5) is 0. The predicted molar refractivity (Wildman–Crippen MR) is 74.7 cm³/mol. The summed E-state index contributed by atoms with van der Waals surface area (Å²) < 4.78 is 8.78. The summed E-state index contributed by atoms with van der Waals surface area (Å²) in [6, 6.07) is 4.11. The first-order chi connectivity index (χ1) is 8.11. The van der Waals surface area contributed by atoms with Crippen LogP contribution in [0.4, 0.5) is 0 Å². The van der Waals surface area contributed by atoms with Crippen molar-refractivity contribution in [3.63, 3.8) is 0 Å². The summed E-state index contributed by atoms with van der Waals surface area (Å²) in [5.41, 5.74) is 3.63. The fourth-order valence-electron chi connectivity index (χ4n) is 2.24. The first-order valence-corrected chi connectivity index (χ1v) is 6.36. The molecule has 0 saturated heterocycles. The van der Waals surface area contributed by atoms with Gasteiger partial charge in [0.2, 0.25) is 0 Å². The highest BCUT2D eigenvalue weighted by Gasteiger charge is 2.17. The topological polar surface area (TPSA) is 26.2 Å². The van der Waals surface area contributed by atoms with E-state index in [0.717, 1.165) is 22.3 Å². The zero-order valence-electron chi connectivity index (χ0n) is 10.6. The Morgan fingerprint density at radius 1 is 1.41 bits per heavy atom. The number of methoxy groups -OCH3 is 1. The van der Waals surface area contributed by atoms with Crippen molar-refractivity contribution in [2.45, 2.75) is 13.5 Å². The van der Waals surface area contributed by atoms with Gasteiger partial charge in [0.25, 0.3) is 0 Å². The van der Waals surface area contributed by atoms with E-state index in [1.54, 1.807) is 7.11 Å². The molecule has 0 spiro atoms. The van der Waals surface area contributed by atoms with Crippen LogP contribution >= 0.6 is 15.9 Å². The Morgan fingerprint density at radius 2 is 2.12 bits per heavy atom. The number of aromatic nitrogens is 1. The van der Waals surface area contributed by atoms with E-state index in [-0.39, 0.29) is 0 Å². The number of hydrogen-bond donors (Lipinski definition) is 1. The smallest absolute Gasteiger partial charge is 0.143 e. The van der Waals surface area contributed by atoms with Crippen LogP contribution in [0.1, 0.15) is 11.3 Å². The van der Waals surface area contributed by atoms with Gasteiger partial charge in [-0.3, -0.25) is 0 Å². The lowest BCUT2D eigenvalue weighted by atomic mass is 10.1. The van der Waals surface area contributed by atoms with Crippen LogP contribution in [0.5, 0.6) is 5.75 Å². The van der Waals surface area contributed by atoms with E-state index in [0.29, 0.717) is 0 Å². The monoisotopic (exact) mass is 296 g/mol. The number of hydrogen-bond acceptors (Lipinski definition) is 2. The summed E-state index contributed by atoms with van der Waals surface area (Å²) >= 11 is 3.70. The molecule has 0 radical (unpaired) electrons. The highest BCUT2D eigenvalue weighted by Crippen LogP contribution is 2.37. The minimum atomic E-state index is 0.828. The Hall–Kier alpha value is -1.00. The molecule has 0 saturated carbocycles. The molecule has 1 N–H and O–H groups in total. The molecule has 0 fully saturated rings. The molecule has 1 aromatic carbocycles. The summed E-state index contributed by atoms with van der Waals surface area (Å²) in [5, 5.41) is 4.43. The van der Waals surface area contributed by atoms with E-state index in [9.17, 15) is 0 Å². The molecule has 2 aromatic rings. The van der Waals surface area contributed by atoms with Crippen molar-refractivity contribution < 1.29 is 4.74 Å². The molecule has 2 rings (SSSR count). The lowest BCUT2D eigenvalue weighted by molar-refractivity contribution is 0.417. The predicted octanol–water partition coefficient (Wildman–Crippen LogP) is 2.98. The van der Waals surface area contributed by atoms with Gasteiger partial charge in [-0.15, -0.1) is 0 Å². The number of fused-ring (bicyclic) bond motifs is 1. The Morgan fingerprint density at radius 3 is 2.71 bits per heavy atom. The molecule has 0 amide bonds. The second-order valence-corrected chi connectivity index (χ2v) is 4.95. The van der Waals surface area contributed by atoms with Gasteiger partial charge in [-0.1, -0.05) is 6.07 Å². The minimum absolute atomic E-state index is 0.828. The largest absolute Gasteiger partial charge is 0.495 e. The normalized spacial score (nSPS) is 11.1. The number of rotatable bonds is 3. The first kappa shape index (κ1) is 12.5. The maximum Gasteiger partial charge on any atom is 0.143 e. The standard InChI is InChI=1S/C13H17BrN2O/c1-8-5-6-10(17-4)13-11(8)12(14)9(7-15-2)16(13)3/h5-6,15H,7H2,1-4H3. The van der Waals surface area contributed by atoms with Crippen molar-refractivity contribution in [2.24, 2.45) is 7.05 Å². The number of nitrogens with zero attached hydrogens (tertiary/aromatic N) is 1. The number of aryl methyl sites for hydroxylation is 2. The molecule has 1 aromatic heterocycles. The second-order valence-electron chi connectivity index (χ2n) is 4.16. The highest BCUT2D eigenvalue weighted by molar-refractivity contribution is 9.10. The Labute approximate surface area is 110 Å². The van der Waals surface area contributed by atoms with E-state index in [4.69, 9.17) is 4.74 Å². The van der Waals surface area contributed by atoms with E-state index in [2.05, 4.69) is 45.9 Å². The number of ether oxygens (including phenoxy) is 1. The van der Waals surface area contributed by atoms with Gasteiger partial charge in [-0.2, -0.15) is 0 Å². The van der Waals surface area contributed by atoms with Gasteiger partial charge in [0.15, 0.2) is 0 Å². The van der Waals surface area contributed by atoms with Crippen molar-refractivity contribution >= 4 is 26.8 Å². The molecule has 1 heterocycles. The third-order valence-corrected chi connectivity index (χ3v) is 3.98. The Balaban J connectivity index is 2.85. The molecule has 0 unspecified atom stereocenters. The van der Waals surface area contributed by atoms with Crippen molar-refractivity contribution in [1.29, 1.82) is 0 Å². The molecular weight excluding hydrogens is 280 g/mol. The van der Waals surface area contributed by atoms with Gasteiger partial charge in [-0.25, -0.2) is 0 Å². The van der Waals surface area contributed by atoms with Gasteiger partial charge in [-0.05, 0) is 41.5 Å². The Kier molecular flexibility index (Phi) is 3.45. The fraction of sp³-hybridized carbons (Fsp3) is 0.385. The second kappa shape index (κ2) is 4.70. The van der Waals surface area contributed by atoms with Crippen molar-refractivity contribution in [1.82, 2.24) is 9.88 Å². The van der Waals surface area contributed by atoms with Crippen LogP contribution in [-0.2, 0) is 13.6 Å². The number of benzene rings is 1. The molecule has 0 bridgehead atoms. The SMILES string of the molecule is CNCc1c(Br)c2c(C)ccc(OC)c2n1C. The molecular formula is C13H17BrN2O. The summed E-state index contributed by atoms with van der Waals surface area (Å²) in [6.07, 6.45) is 0. The number of nitrogens with one attached hydrogen (secondary N) is 1. The summed E-state index contributed by atoms with van der Waals surface area (Å²) in [5.74, 6) is 0.913. The summed E-state index contributed by atoms with van der Waals surface area (Å²) in [7, 11) is 5.73. The maximum absolute atomic E-state index is 5.45. The average Bonchev–Trinajstić information content (AvgIpc) is 2.56. The minimum Gasteiger partial charge on any atom is -0.495 e. The lowest BCUT2D eigenvalue weighted by Gasteiger charge is -2.07.